The highest BCUT2D eigenvalue weighted by Gasteiger charge is 2.49. The zero-order valence-electron chi connectivity index (χ0n) is 10.2. The maximum atomic E-state index is 5.75. The molecule has 1 saturated heterocycles. The van der Waals surface area contributed by atoms with E-state index >= 15 is 0 Å². The van der Waals surface area contributed by atoms with Gasteiger partial charge in [-0.25, -0.2) is 0 Å². The predicted octanol–water partition coefficient (Wildman–Crippen LogP) is 2.33. The molecule has 0 bridgehead atoms. The van der Waals surface area contributed by atoms with Crippen LogP contribution in [-0.4, -0.2) is 25.4 Å². The van der Waals surface area contributed by atoms with Crippen molar-refractivity contribution in [3.8, 4) is 0 Å². The summed E-state index contributed by atoms with van der Waals surface area (Å²) < 4.78 is 16.4. The summed E-state index contributed by atoms with van der Waals surface area (Å²) >= 11 is 0. The molecule has 0 aromatic carbocycles. The Morgan fingerprint density at radius 1 is 1.20 bits per heavy atom. The number of rotatable bonds is 3. The van der Waals surface area contributed by atoms with Gasteiger partial charge in [0.05, 0.1) is 18.3 Å². The van der Waals surface area contributed by atoms with Crippen LogP contribution >= 0.6 is 0 Å². The molecule has 0 aliphatic carbocycles. The van der Waals surface area contributed by atoms with Crippen LogP contribution in [0.1, 0.15) is 27.7 Å². The van der Waals surface area contributed by atoms with Gasteiger partial charge in [0, 0.05) is 0 Å². The first-order valence-electron chi connectivity index (χ1n) is 5.05. The molecule has 15 heavy (non-hydrogen) atoms. The largest absolute Gasteiger partial charge is 0.497 e. The van der Waals surface area contributed by atoms with Crippen LogP contribution in [0.4, 0.5) is 0 Å². The van der Waals surface area contributed by atoms with Crippen LogP contribution < -0.4 is 0 Å². The highest BCUT2D eigenvalue weighted by atomic mass is 16.7. The first-order valence-corrected chi connectivity index (χ1v) is 5.05. The molecule has 4 heteroatoms. The SMILES string of the molecule is C=C(/C=C/B1OC(C)(C)C(C)(C)O1)OC. The standard InChI is InChI=1S/C11H19BO3/c1-9(13-6)7-8-12-14-10(2,3)11(4,5)15-12/h7-8H,1H2,2-6H3/b8-7+. The van der Waals surface area contributed by atoms with E-state index < -0.39 is 0 Å². The first kappa shape index (κ1) is 12.3. The second kappa shape index (κ2) is 4.03. The highest BCUT2D eigenvalue weighted by molar-refractivity contribution is 6.51. The lowest BCUT2D eigenvalue weighted by Gasteiger charge is -2.32. The fraction of sp³-hybridized carbons (Fsp3) is 0.636. The molecule has 1 rings (SSSR count). The van der Waals surface area contributed by atoms with Crippen LogP contribution in [0.2, 0.25) is 0 Å². The van der Waals surface area contributed by atoms with Crippen molar-refractivity contribution >= 4 is 7.12 Å². The second-order valence-electron chi connectivity index (χ2n) is 4.65. The van der Waals surface area contributed by atoms with Crippen molar-refractivity contribution in [2.45, 2.75) is 38.9 Å². The van der Waals surface area contributed by atoms with Crippen LogP contribution in [-0.2, 0) is 14.0 Å². The van der Waals surface area contributed by atoms with Crippen LogP contribution in [0, 0.1) is 0 Å². The van der Waals surface area contributed by atoms with Crippen LogP contribution in [0.15, 0.2) is 24.4 Å². The summed E-state index contributed by atoms with van der Waals surface area (Å²) in [6.45, 7) is 11.8. The molecule has 0 saturated carbocycles. The number of allylic oxidation sites excluding steroid dienone is 1. The Morgan fingerprint density at radius 3 is 2.07 bits per heavy atom. The second-order valence-corrected chi connectivity index (χ2v) is 4.65. The molecule has 1 heterocycles. The summed E-state index contributed by atoms with van der Waals surface area (Å²) in [5.41, 5.74) is -0.590. The third-order valence-electron chi connectivity index (χ3n) is 2.97. The lowest BCUT2D eigenvalue weighted by atomic mass is 9.90. The Bertz CT molecular complexity index is 266. The minimum absolute atomic E-state index is 0.295. The first-order chi connectivity index (χ1) is 6.78. The van der Waals surface area contributed by atoms with Gasteiger partial charge in [0.2, 0.25) is 0 Å². The van der Waals surface area contributed by atoms with E-state index in [0.717, 1.165) is 0 Å². The number of ether oxygens (including phenoxy) is 1. The molecular weight excluding hydrogens is 191 g/mol. The van der Waals surface area contributed by atoms with Gasteiger partial charge in [0.15, 0.2) is 0 Å². The minimum atomic E-state index is -0.332. The minimum Gasteiger partial charge on any atom is -0.497 e. The average Bonchev–Trinajstić information content (AvgIpc) is 2.31. The van der Waals surface area contributed by atoms with E-state index in [2.05, 4.69) is 6.58 Å². The van der Waals surface area contributed by atoms with Crippen molar-refractivity contribution in [1.29, 1.82) is 0 Å². The molecule has 0 radical (unpaired) electrons. The summed E-state index contributed by atoms with van der Waals surface area (Å²) in [6.07, 6.45) is 1.75. The van der Waals surface area contributed by atoms with E-state index in [-0.39, 0.29) is 18.3 Å². The quantitative estimate of drug-likeness (QED) is 0.406. The molecule has 1 aliphatic heterocycles. The average molecular weight is 210 g/mol. The van der Waals surface area contributed by atoms with E-state index in [0.29, 0.717) is 5.76 Å². The topological polar surface area (TPSA) is 27.7 Å². The van der Waals surface area contributed by atoms with Crippen molar-refractivity contribution in [3.05, 3.63) is 24.4 Å². The molecule has 0 aromatic rings. The lowest BCUT2D eigenvalue weighted by Crippen LogP contribution is -2.41. The number of methoxy groups -OCH3 is 1. The molecule has 84 valence electrons. The highest BCUT2D eigenvalue weighted by Crippen LogP contribution is 2.36. The van der Waals surface area contributed by atoms with Crippen LogP contribution in [0.25, 0.3) is 0 Å². The monoisotopic (exact) mass is 210 g/mol. The van der Waals surface area contributed by atoms with Crippen molar-refractivity contribution in [2.75, 3.05) is 7.11 Å². The zero-order chi connectivity index (χ0) is 11.7. The third kappa shape index (κ3) is 2.64. The summed E-state index contributed by atoms with van der Waals surface area (Å²) in [7, 11) is 1.25. The van der Waals surface area contributed by atoms with E-state index in [4.69, 9.17) is 14.0 Å². The predicted molar refractivity (Wildman–Crippen MR) is 61.4 cm³/mol. The van der Waals surface area contributed by atoms with Crippen LogP contribution in [0.5, 0.6) is 0 Å². The fourth-order valence-electron chi connectivity index (χ4n) is 1.22. The zero-order valence-corrected chi connectivity index (χ0v) is 10.2. The van der Waals surface area contributed by atoms with Gasteiger partial charge < -0.3 is 14.0 Å². The van der Waals surface area contributed by atoms with E-state index in [9.17, 15) is 0 Å². The van der Waals surface area contributed by atoms with E-state index in [1.807, 2.05) is 33.7 Å². The molecule has 1 aliphatic rings. The molecule has 0 aromatic heterocycles. The van der Waals surface area contributed by atoms with Gasteiger partial charge in [-0.2, -0.15) is 0 Å². The Morgan fingerprint density at radius 2 is 1.67 bits per heavy atom. The molecule has 0 atom stereocenters. The number of hydrogen-bond acceptors (Lipinski definition) is 3. The molecule has 0 N–H and O–H groups in total. The Hall–Kier alpha value is -0.735. The molecule has 3 nitrogen and oxygen atoms in total. The number of hydrogen-bond donors (Lipinski definition) is 0. The fourth-order valence-corrected chi connectivity index (χ4v) is 1.22. The summed E-state index contributed by atoms with van der Waals surface area (Å²) in [5.74, 6) is 2.40. The van der Waals surface area contributed by atoms with E-state index in [1.165, 1.54) is 0 Å². The van der Waals surface area contributed by atoms with Gasteiger partial charge in [-0.1, -0.05) is 12.6 Å². The van der Waals surface area contributed by atoms with Gasteiger partial charge in [-0.3, -0.25) is 0 Å². The van der Waals surface area contributed by atoms with Crippen LogP contribution in [0.3, 0.4) is 0 Å². The Labute approximate surface area is 92.2 Å². The smallest absolute Gasteiger partial charge is 0.487 e. The van der Waals surface area contributed by atoms with Gasteiger partial charge in [-0.15, -0.1) is 0 Å². The molecule has 0 amide bonds. The summed E-state index contributed by atoms with van der Waals surface area (Å²) in [4.78, 5) is 0. The molecule has 1 fully saturated rings. The van der Waals surface area contributed by atoms with Crippen molar-refractivity contribution < 1.29 is 14.0 Å². The summed E-state index contributed by atoms with van der Waals surface area (Å²) in [5, 5.41) is 0. The maximum absolute atomic E-state index is 5.75. The maximum Gasteiger partial charge on any atom is 0.487 e. The van der Waals surface area contributed by atoms with Gasteiger partial charge >= 0.3 is 7.12 Å². The molecular formula is C11H19BO3. The normalized spacial score (nSPS) is 23.4. The van der Waals surface area contributed by atoms with Gasteiger partial charge in [0.25, 0.3) is 0 Å². The van der Waals surface area contributed by atoms with Crippen molar-refractivity contribution in [2.24, 2.45) is 0 Å². The van der Waals surface area contributed by atoms with Gasteiger partial charge in [-0.05, 0) is 33.8 Å². The third-order valence-corrected chi connectivity index (χ3v) is 2.97. The van der Waals surface area contributed by atoms with Gasteiger partial charge in [0.1, 0.15) is 5.76 Å². The Kier molecular flexibility index (Phi) is 3.31. The lowest BCUT2D eigenvalue weighted by molar-refractivity contribution is 0.00578. The Balaban J connectivity index is 2.64. The van der Waals surface area contributed by atoms with Crippen molar-refractivity contribution in [1.82, 2.24) is 0 Å². The van der Waals surface area contributed by atoms with Crippen molar-refractivity contribution in [3.63, 3.8) is 0 Å². The van der Waals surface area contributed by atoms with E-state index in [1.54, 1.807) is 13.2 Å². The summed E-state index contributed by atoms with van der Waals surface area (Å²) in [6, 6.07) is 0. The molecule has 0 unspecified atom stereocenters. The molecule has 0 spiro atoms.